The molecule has 0 saturated carbocycles. The molecule has 0 atom stereocenters. The van der Waals surface area contributed by atoms with Gasteiger partial charge in [0.1, 0.15) is 11.2 Å². The van der Waals surface area contributed by atoms with Crippen LogP contribution in [0.15, 0.2) is 192 Å². The van der Waals surface area contributed by atoms with Crippen LogP contribution in [0.3, 0.4) is 0 Å². The van der Waals surface area contributed by atoms with E-state index in [-0.39, 0.29) is 0 Å². The fourth-order valence-electron chi connectivity index (χ4n) is 8.54. The number of hydrogen-bond acceptors (Lipinski definition) is 5. The van der Waals surface area contributed by atoms with Crippen LogP contribution in [0, 0.1) is 0 Å². The van der Waals surface area contributed by atoms with E-state index in [1.807, 2.05) is 29.5 Å². The summed E-state index contributed by atoms with van der Waals surface area (Å²) in [7, 11) is 0. The van der Waals surface area contributed by atoms with Gasteiger partial charge in [0.2, 0.25) is 0 Å². The lowest BCUT2D eigenvalue weighted by Gasteiger charge is -2.11. The summed E-state index contributed by atoms with van der Waals surface area (Å²) in [6.07, 6.45) is 0. The van der Waals surface area contributed by atoms with Crippen molar-refractivity contribution in [1.82, 2.24) is 15.0 Å². The lowest BCUT2D eigenvalue weighted by atomic mass is 9.94. The molecule has 9 aromatic carbocycles. The van der Waals surface area contributed by atoms with Crippen LogP contribution in [0.25, 0.3) is 120 Å². The van der Waals surface area contributed by atoms with Crippen molar-refractivity contribution in [3.63, 3.8) is 0 Å². The number of nitrogens with zero attached hydrogens (tertiary/aromatic N) is 3. The summed E-state index contributed by atoms with van der Waals surface area (Å²) in [4.78, 5) is 15.6. The third-order valence-corrected chi connectivity index (χ3v) is 12.6. The van der Waals surface area contributed by atoms with Crippen LogP contribution in [0.5, 0.6) is 0 Å². The Bertz CT molecular complexity index is 3570. The summed E-state index contributed by atoms with van der Waals surface area (Å²) in [5, 5.41) is 9.29. The van der Waals surface area contributed by atoms with E-state index in [0.717, 1.165) is 66.3 Å². The number of furan rings is 1. The Balaban J connectivity index is 1.07. The third kappa shape index (κ3) is 5.25. The summed E-state index contributed by atoms with van der Waals surface area (Å²) < 4.78 is 9.49. The SMILES string of the molecule is c1ccc(-c2ccc(-c3nc(-c4ccc5ccccc5c4)nc(-c4cccc5oc6c(-c7cc8c9ccccc9sc8c8ccccc78)cccc6c45)n3)cc2)cc1. The Morgan fingerprint density at radius 1 is 0.362 bits per heavy atom. The quantitative estimate of drug-likeness (QED) is 0.175. The first-order chi connectivity index (χ1) is 28.7. The minimum absolute atomic E-state index is 0.593. The monoisotopic (exact) mass is 757 g/mol. The number of fused-ring (bicyclic) bond motifs is 9. The molecule has 0 fully saturated rings. The smallest absolute Gasteiger partial charge is 0.164 e. The molecule has 4 nitrogen and oxygen atoms in total. The van der Waals surface area contributed by atoms with Gasteiger partial charge in [-0.3, -0.25) is 0 Å². The summed E-state index contributed by atoms with van der Waals surface area (Å²) in [5.74, 6) is 1.82. The van der Waals surface area contributed by atoms with Gasteiger partial charge in [-0.15, -0.1) is 11.3 Å². The fraction of sp³-hybridized carbons (Fsp3) is 0. The molecule has 58 heavy (non-hydrogen) atoms. The maximum Gasteiger partial charge on any atom is 0.164 e. The van der Waals surface area contributed by atoms with Gasteiger partial charge in [-0.05, 0) is 57.1 Å². The molecule has 0 aliphatic carbocycles. The zero-order valence-electron chi connectivity index (χ0n) is 31.1. The second-order valence-corrected chi connectivity index (χ2v) is 15.8. The number of thiophene rings is 1. The normalized spacial score (nSPS) is 11.8. The highest BCUT2D eigenvalue weighted by atomic mass is 32.1. The van der Waals surface area contributed by atoms with Crippen LogP contribution in [0.1, 0.15) is 0 Å². The Morgan fingerprint density at radius 3 is 1.84 bits per heavy atom. The van der Waals surface area contributed by atoms with Gasteiger partial charge in [0.15, 0.2) is 17.5 Å². The standard InChI is InChI=1S/C53H31N3OS/c1-2-12-32(13-3-1)34-24-27-35(28-25-34)51-54-52(37-29-26-33-14-4-5-15-36(33)30-37)56-53(55-51)43-21-11-22-46-48(43)42-20-10-19-40(49(42)57-46)44-31-45-39-17-8-9-23-47(39)58-50(45)41-18-7-6-16-38(41)44/h1-31H. The Kier molecular flexibility index (Phi) is 7.37. The maximum absolute atomic E-state index is 6.89. The van der Waals surface area contributed by atoms with Gasteiger partial charge in [-0.25, -0.2) is 15.0 Å². The molecule has 270 valence electrons. The zero-order chi connectivity index (χ0) is 38.2. The van der Waals surface area contributed by atoms with Crippen molar-refractivity contribution in [3.05, 3.63) is 188 Å². The average molecular weight is 758 g/mol. The van der Waals surface area contributed by atoms with Gasteiger partial charge in [0, 0.05) is 58.6 Å². The molecule has 3 heterocycles. The Hall–Kier alpha value is -7.47. The summed E-state index contributed by atoms with van der Waals surface area (Å²) >= 11 is 1.86. The van der Waals surface area contributed by atoms with Crippen LogP contribution in [0.4, 0.5) is 0 Å². The number of hydrogen-bond donors (Lipinski definition) is 0. The van der Waals surface area contributed by atoms with E-state index in [1.165, 1.54) is 36.3 Å². The van der Waals surface area contributed by atoms with Crippen molar-refractivity contribution in [3.8, 4) is 56.4 Å². The lowest BCUT2D eigenvalue weighted by Crippen LogP contribution is -2.00. The first-order valence-electron chi connectivity index (χ1n) is 19.4. The van der Waals surface area contributed by atoms with Crippen molar-refractivity contribution < 1.29 is 4.42 Å². The molecule has 0 amide bonds. The third-order valence-electron chi connectivity index (χ3n) is 11.3. The van der Waals surface area contributed by atoms with E-state index in [9.17, 15) is 0 Å². The van der Waals surface area contributed by atoms with Gasteiger partial charge in [0.05, 0.1) is 0 Å². The molecule has 0 unspecified atom stereocenters. The van der Waals surface area contributed by atoms with Crippen LogP contribution in [-0.2, 0) is 0 Å². The zero-order valence-corrected chi connectivity index (χ0v) is 31.9. The second kappa shape index (κ2) is 13.1. The van der Waals surface area contributed by atoms with Gasteiger partial charge in [-0.1, -0.05) is 164 Å². The topological polar surface area (TPSA) is 51.8 Å². The molecular weight excluding hydrogens is 727 g/mol. The van der Waals surface area contributed by atoms with Crippen LogP contribution < -0.4 is 0 Å². The molecular formula is C53H31N3OS. The van der Waals surface area contributed by atoms with Crippen LogP contribution in [-0.4, -0.2) is 15.0 Å². The van der Waals surface area contributed by atoms with Crippen molar-refractivity contribution in [2.45, 2.75) is 0 Å². The predicted octanol–water partition coefficient (Wildman–Crippen LogP) is 14.8. The van der Waals surface area contributed by atoms with Gasteiger partial charge in [0.25, 0.3) is 0 Å². The average Bonchev–Trinajstić information content (AvgIpc) is 3.88. The van der Waals surface area contributed by atoms with E-state index in [0.29, 0.717) is 17.5 Å². The molecule has 0 saturated heterocycles. The first-order valence-corrected chi connectivity index (χ1v) is 20.2. The Labute approximate surface area is 337 Å². The van der Waals surface area contributed by atoms with E-state index >= 15 is 0 Å². The van der Waals surface area contributed by atoms with E-state index in [1.54, 1.807) is 0 Å². The minimum Gasteiger partial charge on any atom is -0.455 e. The summed E-state index contributed by atoms with van der Waals surface area (Å²) in [5.41, 5.74) is 8.87. The molecule has 0 aliphatic heterocycles. The predicted molar refractivity (Wildman–Crippen MR) is 242 cm³/mol. The van der Waals surface area contributed by atoms with Crippen LogP contribution in [0.2, 0.25) is 0 Å². The lowest BCUT2D eigenvalue weighted by molar-refractivity contribution is 0.670. The summed E-state index contributed by atoms with van der Waals surface area (Å²) in [6.45, 7) is 0. The molecule has 3 aromatic heterocycles. The number of aromatic nitrogens is 3. The van der Waals surface area contributed by atoms with Crippen molar-refractivity contribution >= 4 is 75.0 Å². The maximum atomic E-state index is 6.89. The molecule has 0 radical (unpaired) electrons. The molecule has 12 aromatic rings. The molecule has 5 heteroatoms. The van der Waals surface area contributed by atoms with Crippen molar-refractivity contribution in [1.29, 1.82) is 0 Å². The minimum atomic E-state index is 0.593. The highest BCUT2D eigenvalue weighted by Crippen LogP contribution is 2.46. The van der Waals surface area contributed by atoms with Gasteiger partial charge < -0.3 is 4.42 Å². The Morgan fingerprint density at radius 2 is 0.983 bits per heavy atom. The number of benzene rings is 9. The highest BCUT2D eigenvalue weighted by molar-refractivity contribution is 7.26. The number of para-hydroxylation sites is 1. The first kappa shape index (κ1) is 32.7. The van der Waals surface area contributed by atoms with E-state index < -0.39 is 0 Å². The molecule has 0 N–H and O–H groups in total. The molecule has 0 aliphatic rings. The van der Waals surface area contributed by atoms with Gasteiger partial charge >= 0.3 is 0 Å². The molecule has 0 spiro atoms. The number of rotatable bonds is 5. The summed E-state index contributed by atoms with van der Waals surface area (Å²) in [6, 6.07) is 66.1. The molecule has 0 bridgehead atoms. The van der Waals surface area contributed by atoms with Crippen molar-refractivity contribution in [2.24, 2.45) is 0 Å². The highest BCUT2D eigenvalue weighted by Gasteiger charge is 2.21. The van der Waals surface area contributed by atoms with Crippen LogP contribution >= 0.6 is 11.3 Å². The fourth-order valence-corrected chi connectivity index (χ4v) is 9.76. The van der Waals surface area contributed by atoms with Gasteiger partial charge in [-0.2, -0.15) is 0 Å². The van der Waals surface area contributed by atoms with E-state index in [2.05, 4.69) is 170 Å². The van der Waals surface area contributed by atoms with E-state index in [4.69, 9.17) is 19.4 Å². The second-order valence-electron chi connectivity index (χ2n) is 14.7. The largest absolute Gasteiger partial charge is 0.455 e. The molecule has 12 rings (SSSR count). The van der Waals surface area contributed by atoms with Crippen molar-refractivity contribution in [2.75, 3.05) is 0 Å².